The summed E-state index contributed by atoms with van der Waals surface area (Å²) in [5.74, 6) is 0.786. The van der Waals surface area contributed by atoms with Crippen LogP contribution < -0.4 is 9.46 Å². The molecule has 1 amide bonds. The molecule has 1 N–H and O–H groups in total. The molecular formula is C17H26N2O5S. The molecule has 8 heteroatoms. The summed E-state index contributed by atoms with van der Waals surface area (Å²) < 4.78 is 37.4. The largest absolute Gasteiger partial charge is 0.497 e. The summed E-state index contributed by atoms with van der Waals surface area (Å²) in [5.41, 5.74) is 0. The van der Waals surface area contributed by atoms with E-state index in [1.807, 2.05) is 0 Å². The highest BCUT2D eigenvalue weighted by Crippen LogP contribution is 2.19. The Morgan fingerprint density at radius 1 is 1.28 bits per heavy atom. The number of nitrogens with zero attached hydrogens (tertiary/aromatic N) is 1. The van der Waals surface area contributed by atoms with Gasteiger partial charge >= 0.3 is 0 Å². The SMILES string of the molecule is COCCC(=O)N1CCC[C@@H](CNS(=O)(=O)c2ccc(OC)cc2)C1. The van der Waals surface area contributed by atoms with E-state index in [4.69, 9.17) is 9.47 Å². The third kappa shape index (κ3) is 5.69. The van der Waals surface area contributed by atoms with E-state index in [1.165, 1.54) is 19.2 Å². The van der Waals surface area contributed by atoms with Crippen LogP contribution in [0.15, 0.2) is 29.2 Å². The average molecular weight is 370 g/mol. The molecule has 140 valence electrons. The molecule has 2 rings (SSSR count). The molecule has 1 aromatic rings. The van der Waals surface area contributed by atoms with Crippen molar-refractivity contribution in [3.8, 4) is 5.75 Å². The number of piperidine rings is 1. The number of sulfonamides is 1. The molecule has 0 saturated carbocycles. The molecule has 0 unspecified atom stereocenters. The first-order valence-corrected chi connectivity index (χ1v) is 9.85. The van der Waals surface area contributed by atoms with E-state index in [0.717, 1.165) is 19.4 Å². The van der Waals surface area contributed by atoms with Crippen molar-refractivity contribution in [3.05, 3.63) is 24.3 Å². The van der Waals surface area contributed by atoms with Gasteiger partial charge in [0.25, 0.3) is 0 Å². The topological polar surface area (TPSA) is 84.9 Å². The van der Waals surface area contributed by atoms with E-state index in [9.17, 15) is 13.2 Å². The number of hydrogen-bond donors (Lipinski definition) is 1. The summed E-state index contributed by atoms with van der Waals surface area (Å²) in [4.78, 5) is 14.1. The van der Waals surface area contributed by atoms with Crippen LogP contribution in [-0.4, -0.2) is 59.7 Å². The fourth-order valence-corrected chi connectivity index (χ4v) is 3.99. The second-order valence-electron chi connectivity index (χ2n) is 6.12. The summed E-state index contributed by atoms with van der Waals surface area (Å²) >= 11 is 0. The predicted octanol–water partition coefficient (Wildman–Crippen LogP) is 1.25. The number of benzene rings is 1. The third-order valence-electron chi connectivity index (χ3n) is 4.32. The van der Waals surface area contributed by atoms with Gasteiger partial charge in [-0.3, -0.25) is 4.79 Å². The lowest BCUT2D eigenvalue weighted by Crippen LogP contribution is -2.43. The predicted molar refractivity (Wildman–Crippen MR) is 94.0 cm³/mol. The molecular weight excluding hydrogens is 344 g/mol. The zero-order chi connectivity index (χ0) is 18.3. The molecule has 0 aromatic heterocycles. The van der Waals surface area contributed by atoms with Crippen molar-refractivity contribution in [2.45, 2.75) is 24.2 Å². The van der Waals surface area contributed by atoms with Crippen LogP contribution in [0.3, 0.4) is 0 Å². The van der Waals surface area contributed by atoms with Gasteiger partial charge in [-0.15, -0.1) is 0 Å². The first-order valence-electron chi connectivity index (χ1n) is 8.36. The summed E-state index contributed by atoms with van der Waals surface area (Å²) in [6.07, 6.45) is 2.15. The maximum Gasteiger partial charge on any atom is 0.240 e. The molecule has 1 saturated heterocycles. The van der Waals surface area contributed by atoms with Crippen LogP contribution >= 0.6 is 0 Å². The minimum Gasteiger partial charge on any atom is -0.497 e. The second kappa shape index (κ2) is 9.17. The van der Waals surface area contributed by atoms with Gasteiger partial charge in [0.15, 0.2) is 0 Å². The molecule has 0 aliphatic carbocycles. The van der Waals surface area contributed by atoms with E-state index in [0.29, 0.717) is 31.9 Å². The summed E-state index contributed by atoms with van der Waals surface area (Å²) in [6, 6.07) is 6.27. The van der Waals surface area contributed by atoms with E-state index >= 15 is 0 Å². The van der Waals surface area contributed by atoms with Crippen molar-refractivity contribution >= 4 is 15.9 Å². The van der Waals surface area contributed by atoms with Crippen molar-refractivity contribution in [1.29, 1.82) is 0 Å². The Hall–Kier alpha value is -1.64. The van der Waals surface area contributed by atoms with E-state index in [1.54, 1.807) is 24.1 Å². The van der Waals surface area contributed by atoms with E-state index in [2.05, 4.69) is 4.72 Å². The number of likely N-dealkylation sites (tertiary alicyclic amines) is 1. The van der Waals surface area contributed by atoms with Crippen LogP contribution in [0.4, 0.5) is 0 Å². The molecule has 1 fully saturated rings. The van der Waals surface area contributed by atoms with Gasteiger partial charge in [0.1, 0.15) is 5.75 Å². The van der Waals surface area contributed by atoms with Gasteiger partial charge in [-0.05, 0) is 43.0 Å². The van der Waals surface area contributed by atoms with Crippen LogP contribution in [-0.2, 0) is 19.6 Å². The van der Waals surface area contributed by atoms with Gasteiger partial charge in [0.05, 0.1) is 25.0 Å². The number of rotatable bonds is 8. The first-order chi connectivity index (χ1) is 12.0. The Bertz CT molecular complexity index is 660. The quantitative estimate of drug-likeness (QED) is 0.744. The summed E-state index contributed by atoms with van der Waals surface area (Å²) in [6.45, 7) is 2.03. The number of carbonyl (C=O) groups is 1. The van der Waals surface area contributed by atoms with Crippen LogP contribution in [0.5, 0.6) is 5.75 Å². The Balaban J connectivity index is 1.89. The number of methoxy groups -OCH3 is 2. The molecule has 0 bridgehead atoms. The van der Waals surface area contributed by atoms with E-state index < -0.39 is 10.0 Å². The molecule has 1 aliphatic rings. The highest BCUT2D eigenvalue weighted by atomic mass is 32.2. The van der Waals surface area contributed by atoms with Crippen molar-refractivity contribution < 1.29 is 22.7 Å². The van der Waals surface area contributed by atoms with Crippen LogP contribution in [0, 0.1) is 5.92 Å². The fraction of sp³-hybridized carbons (Fsp3) is 0.588. The lowest BCUT2D eigenvalue weighted by Gasteiger charge is -2.33. The van der Waals surface area contributed by atoms with Gasteiger partial charge in [-0.1, -0.05) is 0 Å². The lowest BCUT2D eigenvalue weighted by molar-refractivity contribution is -0.133. The van der Waals surface area contributed by atoms with Crippen molar-refractivity contribution in [3.63, 3.8) is 0 Å². The zero-order valence-electron chi connectivity index (χ0n) is 14.7. The third-order valence-corrected chi connectivity index (χ3v) is 5.76. The number of amides is 1. The normalized spacial score (nSPS) is 18.2. The number of ether oxygens (including phenoxy) is 2. The minimum atomic E-state index is -3.57. The first kappa shape index (κ1) is 19.7. The summed E-state index contributed by atoms with van der Waals surface area (Å²) in [5, 5.41) is 0. The van der Waals surface area contributed by atoms with Gasteiger partial charge in [0, 0.05) is 26.7 Å². The molecule has 25 heavy (non-hydrogen) atoms. The highest BCUT2D eigenvalue weighted by Gasteiger charge is 2.25. The Morgan fingerprint density at radius 3 is 2.64 bits per heavy atom. The monoisotopic (exact) mass is 370 g/mol. The Kier molecular flexibility index (Phi) is 7.22. The zero-order valence-corrected chi connectivity index (χ0v) is 15.5. The molecule has 1 heterocycles. The van der Waals surface area contributed by atoms with Crippen molar-refractivity contribution in [1.82, 2.24) is 9.62 Å². The number of carbonyl (C=O) groups excluding carboxylic acids is 1. The van der Waals surface area contributed by atoms with Crippen LogP contribution in [0.1, 0.15) is 19.3 Å². The molecule has 1 atom stereocenters. The molecule has 7 nitrogen and oxygen atoms in total. The second-order valence-corrected chi connectivity index (χ2v) is 7.89. The van der Waals surface area contributed by atoms with Gasteiger partial charge in [0.2, 0.25) is 15.9 Å². The lowest BCUT2D eigenvalue weighted by atomic mass is 9.98. The standard InChI is InChI=1S/C17H26N2O5S/c1-23-11-9-17(20)19-10-3-4-14(13-19)12-18-25(21,22)16-7-5-15(24-2)6-8-16/h5-8,14,18H,3-4,9-13H2,1-2H3/t14-/m0/s1. The molecule has 0 spiro atoms. The van der Waals surface area contributed by atoms with Gasteiger partial charge < -0.3 is 14.4 Å². The van der Waals surface area contributed by atoms with Crippen LogP contribution in [0.25, 0.3) is 0 Å². The van der Waals surface area contributed by atoms with Crippen molar-refractivity contribution in [2.75, 3.05) is 40.5 Å². The summed E-state index contributed by atoms with van der Waals surface area (Å²) in [7, 11) is -0.464. The molecule has 1 aliphatic heterocycles. The van der Waals surface area contributed by atoms with E-state index in [-0.39, 0.29) is 16.7 Å². The van der Waals surface area contributed by atoms with Crippen LogP contribution in [0.2, 0.25) is 0 Å². The smallest absolute Gasteiger partial charge is 0.240 e. The molecule has 0 radical (unpaired) electrons. The minimum absolute atomic E-state index is 0.0598. The Morgan fingerprint density at radius 2 is 2.00 bits per heavy atom. The molecule has 1 aromatic carbocycles. The maximum atomic E-state index is 12.4. The fourth-order valence-electron chi connectivity index (χ4n) is 2.87. The van der Waals surface area contributed by atoms with Gasteiger partial charge in [-0.25, -0.2) is 13.1 Å². The highest BCUT2D eigenvalue weighted by molar-refractivity contribution is 7.89. The maximum absolute atomic E-state index is 12.4. The van der Waals surface area contributed by atoms with Gasteiger partial charge in [-0.2, -0.15) is 0 Å². The number of hydrogen-bond acceptors (Lipinski definition) is 5. The average Bonchev–Trinajstić information content (AvgIpc) is 2.64. The number of nitrogens with one attached hydrogen (secondary N) is 1. The Labute approximate surface area is 149 Å². The van der Waals surface area contributed by atoms with Crippen molar-refractivity contribution in [2.24, 2.45) is 5.92 Å².